The predicted molar refractivity (Wildman–Crippen MR) is 169 cm³/mol. The third kappa shape index (κ3) is 6.89. The largest absolute Gasteiger partial charge is 0.360 e. The Morgan fingerprint density at radius 2 is 1.71 bits per heavy atom. The van der Waals surface area contributed by atoms with Crippen molar-refractivity contribution in [3.8, 4) is 11.3 Å². The van der Waals surface area contributed by atoms with Crippen LogP contribution in [0.4, 0.5) is 23.0 Å². The van der Waals surface area contributed by atoms with E-state index in [1.807, 2.05) is 73.9 Å². The van der Waals surface area contributed by atoms with Crippen molar-refractivity contribution < 1.29 is 9.59 Å². The van der Waals surface area contributed by atoms with Gasteiger partial charge < -0.3 is 25.8 Å². The Morgan fingerprint density at radius 3 is 2.50 bits per heavy atom. The van der Waals surface area contributed by atoms with E-state index in [2.05, 4.69) is 38.9 Å². The molecule has 0 saturated carbocycles. The molecule has 9 nitrogen and oxygen atoms in total. The van der Waals surface area contributed by atoms with E-state index in [0.717, 1.165) is 39.8 Å². The number of hydrogen-bond donors (Lipinski definition) is 4. The number of amides is 2. The van der Waals surface area contributed by atoms with Crippen molar-refractivity contribution in [1.29, 1.82) is 0 Å². The first-order valence-electron chi connectivity index (χ1n) is 13.7. The van der Waals surface area contributed by atoms with Crippen LogP contribution in [0.25, 0.3) is 22.2 Å². The molecule has 5 aromatic rings. The number of carbonyl (C=O) groups excluding carboxylic acids is 2. The van der Waals surface area contributed by atoms with E-state index in [9.17, 15) is 9.59 Å². The fraction of sp³-hybridized carbons (Fsp3) is 0.152. The fourth-order valence-electron chi connectivity index (χ4n) is 4.49. The van der Waals surface area contributed by atoms with Crippen LogP contribution in [0.1, 0.15) is 22.8 Å². The van der Waals surface area contributed by atoms with Crippen molar-refractivity contribution in [2.24, 2.45) is 0 Å². The van der Waals surface area contributed by atoms with Crippen LogP contribution in [0.2, 0.25) is 0 Å². The van der Waals surface area contributed by atoms with Crippen molar-refractivity contribution in [3.05, 3.63) is 108 Å². The van der Waals surface area contributed by atoms with Gasteiger partial charge in [-0.25, -0.2) is 9.97 Å². The second-order valence-electron chi connectivity index (χ2n) is 10.1. The zero-order valence-corrected chi connectivity index (χ0v) is 23.8. The summed E-state index contributed by atoms with van der Waals surface area (Å²) in [6, 6.07) is 22.3. The second-order valence-corrected chi connectivity index (χ2v) is 10.1. The Bertz CT molecular complexity index is 1740. The number of nitrogens with one attached hydrogen (secondary N) is 4. The Morgan fingerprint density at radius 1 is 0.929 bits per heavy atom. The molecule has 0 fully saturated rings. The molecule has 0 radical (unpaired) electrons. The molecule has 5 rings (SSSR count). The Hall–Kier alpha value is -5.28. The average Bonchev–Trinajstić information content (AvgIpc) is 3.41. The molecule has 212 valence electrons. The van der Waals surface area contributed by atoms with Crippen LogP contribution in [0, 0.1) is 0 Å². The molecule has 3 aromatic carbocycles. The lowest BCUT2D eigenvalue weighted by atomic mass is 10.0. The molecule has 0 bridgehead atoms. The summed E-state index contributed by atoms with van der Waals surface area (Å²) in [7, 11) is 3.86. The Labute approximate surface area is 244 Å². The lowest BCUT2D eigenvalue weighted by Gasteiger charge is -2.12. The van der Waals surface area contributed by atoms with Crippen molar-refractivity contribution in [1.82, 2.24) is 19.9 Å². The maximum absolute atomic E-state index is 12.9. The number of aromatic amines is 1. The number of H-pyrrole nitrogens is 1. The molecule has 0 unspecified atom stereocenters. The Kier molecular flexibility index (Phi) is 8.70. The molecule has 0 aliphatic carbocycles. The second kappa shape index (κ2) is 12.9. The minimum absolute atomic E-state index is 0.222. The predicted octanol–water partition coefficient (Wildman–Crippen LogP) is 6.24. The van der Waals surface area contributed by atoms with Gasteiger partial charge in [-0.15, -0.1) is 0 Å². The molecule has 0 saturated heterocycles. The van der Waals surface area contributed by atoms with Crippen molar-refractivity contribution in [3.63, 3.8) is 0 Å². The van der Waals surface area contributed by atoms with Crippen LogP contribution < -0.4 is 16.0 Å². The van der Waals surface area contributed by atoms with Gasteiger partial charge in [0.05, 0.1) is 5.69 Å². The van der Waals surface area contributed by atoms with Crippen LogP contribution in [-0.4, -0.2) is 52.3 Å². The number of likely N-dealkylation sites (N-methyl/N-ethyl adjacent to an activating group) is 1. The maximum atomic E-state index is 12.9. The Balaban J connectivity index is 1.26. The zero-order chi connectivity index (χ0) is 29.5. The number of aryl methyl sites for hydroxylation is 1. The van der Waals surface area contributed by atoms with E-state index in [4.69, 9.17) is 4.98 Å². The highest BCUT2D eigenvalue weighted by Gasteiger charge is 2.14. The summed E-state index contributed by atoms with van der Waals surface area (Å²) in [5, 5.41) is 10.1. The van der Waals surface area contributed by atoms with E-state index in [1.165, 1.54) is 6.08 Å². The summed E-state index contributed by atoms with van der Waals surface area (Å²) >= 11 is 0. The van der Waals surface area contributed by atoms with Gasteiger partial charge in [-0.1, -0.05) is 37.3 Å². The highest BCUT2D eigenvalue weighted by molar-refractivity contribution is 6.05. The van der Waals surface area contributed by atoms with Gasteiger partial charge in [0.25, 0.3) is 5.91 Å². The first kappa shape index (κ1) is 28.3. The van der Waals surface area contributed by atoms with Crippen LogP contribution in [-0.2, 0) is 11.2 Å². The summed E-state index contributed by atoms with van der Waals surface area (Å²) in [4.78, 5) is 39.7. The quantitative estimate of drug-likeness (QED) is 0.151. The van der Waals surface area contributed by atoms with Gasteiger partial charge in [-0.3, -0.25) is 9.59 Å². The summed E-state index contributed by atoms with van der Waals surface area (Å²) in [5.74, 6) is -0.0218. The smallest absolute Gasteiger partial charge is 0.255 e. The third-order valence-electron chi connectivity index (χ3n) is 6.62. The summed E-state index contributed by atoms with van der Waals surface area (Å²) < 4.78 is 0. The number of para-hydroxylation sites is 1. The van der Waals surface area contributed by atoms with Gasteiger partial charge in [0, 0.05) is 64.1 Å². The van der Waals surface area contributed by atoms with E-state index in [1.54, 1.807) is 30.3 Å². The molecular formula is C33H33N7O2. The van der Waals surface area contributed by atoms with E-state index < -0.39 is 0 Å². The van der Waals surface area contributed by atoms with E-state index in [-0.39, 0.29) is 11.8 Å². The monoisotopic (exact) mass is 559 g/mol. The molecule has 2 aromatic heterocycles. The van der Waals surface area contributed by atoms with Gasteiger partial charge in [-0.05, 0) is 74.6 Å². The normalized spacial score (nSPS) is 11.2. The average molecular weight is 560 g/mol. The highest BCUT2D eigenvalue weighted by atomic mass is 16.2. The van der Waals surface area contributed by atoms with Gasteiger partial charge in [-0.2, -0.15) is 0 Å². The molecule has 42 heavy (non-hydrogen) atoms. The summed E-state index contributed by atoms with van der Waals surface area (Å²) in [6.45, 7) is 2.76. The standard InChI is InChI=1S/C33H33N7O2/c1-4-22-20-35-33(39-31(22)28-21-34-29-12-6-5-11-27(28)29)38-26-10-7-9-25(19-26)37-32(42)23-14-16-24(17-15-23)36-30(41)13-8-18-40(2)3/h5-17,19-21,34H,4,18H2,1-3H3,(H,36,41)(H,37,42)(H,35,38,39)/b13-8+. The number of carbonyl (C=O) groups is 2. The highest BCUT2D eigenvalue weighted by Crippen LogP contribution is 2.31. The van der Waals surface area contributed by atoms with Crippen LogP contribution in [0.15, 0.2) is 97.3 Å². The molecule has 4 N–H and O–H groups in total. The molecule has 2 heterocycles. The van der Waals surface area contributed by atoms with Gasteiger partial charge in [0.15, 0.2) is 0 Å². The van der Waals surface area contributed by atoms with Gasteiger partial charge >= 0.3 is 0 Å². The lowest BCUT2D eigenvalue weighted by Crippen LogP contribution is -2.13. The minimum Gasteiger partial charge on any atom is -0.360 e. The van der Waals surface area contributed by atoms with Gasteiger partial charge in [0.2, 0.25) is 11.9 Å². The SMILES string of the molecule is CCc1cnc(Nc2cccc(NC(=O)c3ccc(NC(=O)/C=C/CN(C)C)cc3)c2)nc1-c1c[nH]c2ccccc12. The third-order valence-corrected chi connectivity index (χ3v) is 6.62. The van der Waals surface area contributed by atoms with Crippen molar-refractivity contribution >= 4 is 45.7 Å². The van der Waals surface area contributed by atoms with E-state index in [0.29, 0.717) is 29.4 Å². The first-order valence-corrected chi connectivity index (χ1v) is 13.7. The molecular weight excluding hydrogens is 526 g/mol. The number of benzene rings is 3. The van der Waals surface area contributed by atoms with Crippen molar-refractivity contribution in [2.75, 3.05) is 36.6 Å². The zero-order valence-electron chi connectivity index (χ0n) is 23.8. The van der Waals surface area contributed by atoms with Crippen LogP contribution >= 0.6 is 0 Å². The number of rotatable bonds is 10. The molecule has 0 spiro atoms. The molecule has 2 amide bonds. The molecule has 0 aliphatic rings. The maximum Gasteiger partial charge on any atom is 0.255 e. The summed E-state index contributed by atoms with van der Waals surface area (Å²) in [6.07, 6.45) is 7.92. The van der Waals surface area contributed by atoms with Gasteiger partial charge in [0.1, 0.15) is 0 Å². The lowest BCUT2D eigenvalue weighted by molar-refractivity contribution is -0.111. The number of hydrogen-bond acceptors (Lipinski definition) is 6. The van der Waals surface area contributed by atoms with Crippen LogP contribution in [0.3, 0.4) is 0 Å². The topological polar surface area (TPSA) is 115 Å². The first-order chi connectivity index (χ1) is 20.4. The molecule has 0 atom stereocenters. The number of nitrogens with zero attached hydrogens (tertiary/aromatic N) is 3. The molecule has 0 aliphatic heterocycles. The van der Waals surface area contributed by atoms with Crippen molar-refractivity contribution in [2.45, 2.75) is 13.3 Å². The van der Waals surface area contributed by atoms with Crippen LogP contribution in [0.5, 0.6) is 0 Å². The number of fused-ring (bicyclic) bond motifs is 1. The summed E-state index contributed by atoms with van der Waals surface area (Å²) in [5.41, 5.74) is 6.45. The van der Waals surface area contributed by atoms with E-state index >= 15 is 0 Å². The minimum atomic E-state index is -0.263. The fourth-order valence-corrected chi connectivity index (χ4v) is 4.49. The molecule has 9 heteroatoms. The number of anilines is 4. The number of aromatic nitrogens is 3.